The van der Waals surface area contributed by atoms with Crippen molar-refractivity contribution in [2.24, 2.45) is 0 Å². The van der Waals surface area contributed by atoms with E-state index >= 15 is 0 Å². The molecule has 0 unspecified atom stereocenters. The van der Waals surface area contributed by atoms with Crippen LogP contribution < -0.4 is 11.2 Å². The minimum Gasteiger partial charge on any atom is -0.336 e. The minimum absolute atomic E-state index is 0.231. The lowest BCUT2D eigenvalue weighted by atomic mass is 10.4. The molecule has 3 aromatic heterocycles. The van der Waals surface area contributed by atoms with Gasteiger partial charge in [-0.05, 0) is 6.07 Å². The maximum Gasteiger partial charge on any atom is 0.327 e. The van der Waals surface area contributed by atoms with Gasteiger partial charge in [-0.15, -0.1) is 0 Å². The van der Waals surface area contributed by atoms with E-state index < -0.39 is 11.2 Å². The third-order valence-electron chi connectivity index (χ3n) is 2.38. The Morgan fingerprint density at radius 1 is 1.06 bits per heavy atom. The first-order chi connectivity index (χ1) is 8.72. The third kappa shape index (κ3) is 1.79. The molecule has 3 aromatic rings. The van der Waals surface area contributed by atoms with Crippen LogP contribution in [0.5, 0.6) is 0 Å². The van der Waals surface area contributed by atoms with Crippen LogP contribution in [0.2, 0.25) is 0 Å². The smallest absolute Gasteiger partial charge is 0.327 e. The van der Waals surface area contributed by atoms with Gasteiger partial charge in [-0.25, -0.2) is 19.7 Å². The van der Waals surface area contributed by atoms with Crippen molar-refractivity contribution >= 4 is 11.2 Å². The fourth-order valence-corrected chi connectivity index (χ4v) is 1.64. The molecule has 0 aliphatic heterocycles. The fourth-order valence-electron chi connectivity index (χ4n) is 1.64. The van der Waals surface area contributed by atoms with Gasteiger partial charge in [-0.3, -0.25) is 14.8 Å². The summed E-state index contributed by atoms with van der Waals surface area (Å²) in [4.78, 5) is 42.2. The van der Waals surface area contributed by atoms with E-state index in [2.05, 4.69) is 29.9 Å². The number of fused-ring (bicyclic) bond motifs is 1. The van der Waals surface area contributed by atoms with Crippen molar-refractivity contribution in [1.29, 1.82) is 0 Å². The second-order valence-electron chi connectivity index (χ2n) is 3.66. The first kappa shape index (κ1) is 10.4. The number of hydrogen-bond donors (Lipinski definition) is 3. The SMILES string of the molecule is O=c1[nH]c(=O)c2[nH]c(Cc3ncccn3)nc2[nH]1. The molecule has 0 saturated heterocycles. The summed E-state index contributed by atoms with van der Waals surface area (Å²) in [7, 11) is 0. The van der Waals surface area contributed by atoms with Crippen molar-refractivity contribution in [1.82, 2.24) is 29.9 Å². The Hall–Kier alpha value is -2.77. The van der Waals surface area contributed by atoms with Gasteiger partial charge in [0.25, 0.3) is 5.56 Å². The normalized spacial score (nSPS) is 10.9. The molecule has 0 radical (unpaired) electrons. The molecule has 0 spiro atoms. The van der Waals surface area contributed by atoms with E-state index in [9.17, 15) is 9.59 Å². The molecular weight excluding hydrogens is 236 g/mol. The van der Waals surface area contributed by atoms with Gasteiger partial charge in [-0.2, -0.15) is 0 Å². The van der Waals surface area contributed by atoms with Crippen LogP contribution in [0.15, 0.2) is 28.0 Å². The van der Waals surface area contributed by atoms with Crippen LogP contribution in [0.3, 0.4) is 0 Å². The monoisotopic (exact) mass is 244 g/mol. The zero-order valence-corrected chi connectivity index (χ0v) is 9.10. The summed E-state index contributed by atoms with van der Waals surface area (Å²) in [6.07, 6.45) is 3.61. The number of hydrogen-bond acceptors (Lipinski definition) is 5. The standard InChI is InChI=1S/C10H8N6O2/c17-9-7-8(15-10(18)16-9)14-6(13-7)4-5-11-2-1-3-12-5/h1-3H,4H2,(H3,13,14,15,16,17,18). The Bertz CT molecular complexity index is 800. The Labute approximate surface area is 99.2 Å². The number of nitrogens with zero attached hydrogens (tertiary/aromatic N) is 3. The second-order valence-corrected chi connectivity index (χ2v) is 3.66. The van der Waals surface area contributed by atoms with Crippen molar-refractivity contribution in [2.45, 2.75) is 6.42 Å². The van der Waals surface area contributed by atoms with Crippen LogP contribution >= 0.6 is 0 Å². The lowest BCUT2D eigenvalue weighted by Gasteiger charge is -1.93. The topological polar surface area (TPSA) is 120 Å². The lowest BCUT2D eigenvalue weighted by molar-refractivity contribution is 0.916. The van der Waals surface area contributed by atoms with E-state index in [4.69, 9.17) is 0 Å². The summed E-state index contributed by atoms with van der Waals surface area (Å²) < 4.78 is 0. The van der Waals surface area contributed by atoms with Gasteiger partial charge in [0.15, 0.2) is 5.65 Å². The van der Waals surface area contributed by atoms with Crippen molar-refractivity contribution in [3.05, 3.63) is 50.9 Å². The second kappa shape index (κ2) is 3.91. The summed E-state index contributed by atoms with van der Waals surface area (Å²) >= 11 is 0. The van der Waals surface area contributed by atoms with Gasteiger partial charge in [0.05, 0.1) is 6.42 Å². The predicted octanol–water partition coefficient (Wildman–Crippen LogP) is -0.680. The average Bonchev–Trinajstić information content (AvgIpc) is 2.73. The van der Waals surface area contributed by atoms with E-state index in [1.54, 1.807) is 18.5 Å². The maximum absolute atomic E-state index is 11.5. The Morgan fingerprint density at radius 3 is 2.61 bits per heavy atom. The summed E-state index contributed by atoms with van der Waals surface area (Å²) in [6, 6.07) is 1.71. The van der Waals surface area contributed by atoms with Crippen molar-refractivity contribution < 1.29 is 0 Å². The zero-order valence-electron chi connectivity index (χ0n) is 9.10. The number of H-pyrrole nitrogens is 3. The van der Waals surface area contributed by atoms with Crippen LogP contribution in [0, 0.1) is 0 Å². The molecule has 0 amide bonds. The molecule has 0 atom stereocenters. The summed E-state index contributed by atoms with van der Waals surface area (Å²) in [5.74, 6) is 1.10. The zero-order chi connectivity index (χ0) is 12.5. The summed E-state index contributed by atoms with van der Waals surface area (Å²) in [6.45, 7) is 0. The van der Waals surface area contributed by atoms with E-state index in [0.717, 1.165) is 0 Å². The number of rotatable bonds is 2. The molecule has 0 bridgehead atoms. The Morgan fingerprint density at radius 2 is 1.83 bits per heavy atom. The van der Waals surface area contributed by atoms with Crippen LogP contribution in [-0.4, -0.2) is 29.9 Å². The van der Waals surface area contributed by atoms with E-state index in [-0.39, 0.29) is 11.2 Å². The maximum atomic E-state index is 11.5. The van der Waals surface area contributed by atoms with Crippen molar-refractivity contribution in [3.63, 3.8) is 0 Å². The molecule has 0 fully saturated rings. The highest BCUT2D eigenvalue weighted by molar-refractivity contribution is 5.68. The predicted molar refractivity (Wildman–Crippen MR) is 62.2 cm³/mol. The van der Waals surface area contributed by atoms with Gasteiger partial charge >= 0.3 is 5.69 Å². The average molecular weight is 244 g/mol. The quantitative estimate of drug-likeness (QED) is 0.551. The van der Waals surface area contributed by atoms with Gasteiger partial charge in [0.2, 0.25) is 0 Å². The first-order valence-corrected chi connectivity index (χ1v) is 5.19. The highest BCUT2D eigenvalue weighted by atomic mass is 16.2. The molecule has 3 rings (SSSR count). The molecule has 0 aliphatic carbocycles. The van der Waals surface area contributed by atoms with Crippen molar-refractivity contribution in [2.75, 3.05) is 0 Å². The molecule has 8 heteroatoms. The number of aromatic amines is 3. The van der Waals surface area contributed by atoms with Gasteiger partial charge < -0.3 is 4.98 Å². The van der Waals surface area contributed by atoms with Gasteiger partial charge in [-0.1, -0.05) is 0 Å². The first-order valence-electron chi connectivity index (χ1n) is 5.19. The molecule has 0 saturated carbocycles. The Balaban J connectivity index is 2.07. The molecule has 18 heavy (non-hydrogen) atoms. The highest BCUT2D eigenvalue weighted by Crippen LogP contribution is 2.04. The Kier molecular flexibility index (Phi) is 2.26. The van der Waals surface area contributed by atoms with E-state index in [1.807, 2.05) is 0 Å². The molecular formula is C10H8N6O2. The molecule has 8 nitrogen and oxygen atoms in total. The summed E-state index contributed by atoms with van der Waals surface area (Å²) in [5.41, 5.74) is -0.613. The number of nitrogens with one attached hydrogen (secondary N) is 3. The van der Waals surface area contributed by atoms with Gasteiger partial charge in [0, 0.05) is 12.4 Å². The largest absolute Gasteiger partial charge is 0.336 e. The number of aromatic nitrogens is 6. The fraction of sp³-hybridized carbons (Fsp3) is 0.100. The van der Waals surface area contributed by atoms with Crippen LogP contribution in [0.1, 0.15) is 11.6 Å². The third-order valence-corrected chi connectivity index (χ3v) is 2.38. The molecule has 90 valence electrons. The highest BCUT2D eigenvalue weighted by Gasteiger charge is 2.08. The molecule has 0 aromatic carbocycles. The van der Waals surface area contributed by atoms with Crippen LogP contribution in [0.25, 0.3) is 11.2 Å². The van der Waals surface area contributed by atoms with Crippen LogP contribution in [-0.2, 0) is 6.42 Å². The van der Waals surface area contributed by atoms with Crippen LogP contribution in [0.4, 0.5) is 0 Å². The minimum atomic E-state index is -0.582. The summed E-state index contributed by atoms with van der Waals surface area (Å²) in [5, 5.41) is 0. The van der Waals surface area contributed by atoms with E-state index in [0.29, 0.717) is 18.1 Å². The molecule has 3 N–H and O–H groups in total. The lowest BCUT2D eigenvalue weighted by Crippen LogP contribution is -2.21. The van der Waals surface area contributed by atoms with Gasteiger partial charge in [0.1, 0.15) is 17.2 Å². The number of imidazole rings is 1. The molecule has 3 heterocycles. The molecule has 0 aliphatic rings. The van der Waals surface area contributed by atoms with Crippen molar-refractivity contribution in [3.8, 4) is 0 Å². The van der Waals surface area contributed by atoms with E-state index in [1.165, 1.54) is 0 Å².